The molecule has 0 aromatic rings. The standard InChI is InChI=1S/C54H105NO9Si/c1-9-12-15-18-21-24-26-29-32-35-38-41-48(57)62-45(40-37-34-31-28-23-20-17-14-11-3)43-47(56)55-50-52(51(59)46(63-53(50)60)44-61-65(7,8)54(4,5)6)64-49(58)42-39-36-33-30-27-25-22-19-16-13-10-2/h45-46,50-53,59-60H,9-44H2,1-8H3,(H,55,56)/t45-,46-,50-,51-,52-,53?/m1/s1. The third-order valence-corrected chi connectivity index (χ3v) is 18.5. The van der Waals surface area contributed by atoms with E-state index >= 15 is 0 Å². The van der Waals surface area contributed by atoms with Crippen molar-refractivity contribution in [3.63, 3.8) is 0 Å². The highest BCUT2D eigenvalue weighted by atomic mass is 28.4. The first kappa shape index (κ1) is 61.5. The summed E-state index contributed by atoms with van der Waals surface area (Å²) in [7, 11) is -2.25. The highest BCUT2D eigenvalue weighted by Crippen LogP contribution is 2.37. The quantitative estimate of drug-likeness (QED) is 0.0310. The zero-order valence-electron chi connectivity index (χ0n) is 43.7. The number of nitrogens with one attached hydrogen (secondary N) is 1. The van der Waals surface area contributed by atoms with Gasteiger partial charge in [0.15, 0.2) is 20.7 Å². The van der Waals surface area contributed by atoms with Crippen LogP contribution in [0.5, 0.6) is 0 Å². The van der Waals surface area contributed by atoms with Gasteiger partial charge in [-0.15, -0.1) is 0 Å². The zero-order valence-corrected chi connectivity index (χ0v) is 44.7. The molecule has 0 radical (unpaired) electrons. The molecule has 65 heavy (non-hydrogen) atoms. The maximum Gasteiger partial charge on any atom is 0.306 e. The molecular weight excluding hydrogens is 835 g/mol. The number of carbonyl (C=O) groups is 3. The summed E-state index contributed by atoms with van der Waals surface area (Å²) < 4.78 is 24.2. The van der Waals surface area contributed by atoms with Crippen LogP contribution in [0.15, 0.2) is 0 Å². The van der Waals surface area contributed by atoms with E-state index in [2.05, 4.69) is 60.0 Å². The number of aliphatic hydroxyl groups excluding tert-OH is 2. The predicted molar refractivity (Wildman–Crippen MR) is 270 cm³/mol. The van der Waals surface area contributed by atoms with E-state index in [1.165, 1.54) is 135 Å². The van der Waals surface area contributed by atoms with Crippen LogP contribution in [0.4, 0.5) is 0 Å². The third kappa shape index (κ3) is 30.5. The van der Waals surface area contributed by atoms with Crippen LogP contribution in [-0.2, 0) is 33.0 Å². The molecule has 1 aliphatic rings. The molecule has 3 N–H and O–H groups in total. The molecule has 1 aliphatic heterocycles. The van der Waals surface area contributed by atoms with Crippen molar-refractivity contribution in [2.45, 2.75) is 321 Å². The molecule has 0 aliphatic carbocycles. The second-order valence-electron chi connectivity index (χ2n) is 21.2. The van der Waals surface area contributed by atoms with Crippen molar-refractivity contribution in [2.75, 3.05) is 6.61 Å². The van der Waals surface area contributed by atoms with E-state index in [1.54, 1.807) is 0 Å². The number of rotatable bonds is 42. The van der Waals surface area contributed by atoms with Crippen LogP contribution in [0.1, 0.15) is 266 Å². The summed E-state index contributed by atoms with van der Waals surface area (Å²) in [6, 6.07) is -1.22. The van der Waals surface area contributed by atoms with Crippen molar-refractivity contribution in [1.29, 1.82) is 0 Å². The largest absolute Gasteiger partial charge is 0.462 e. The van der Waals surface area contributed by atoms with Crippen LogP contribution in [-0.4, -0.2) is 79.7 Å². The van der Waals surface area contributed by atoms with Crippen LogP contribution < -0.4 is 5.32 Å². The van der Waals surface area contributed by atoms with Gasteiger partial charge < -0.3 is 34.2 Å². The molecule has 1 unspecified atom stereocenters. The van der Waals surface area contributed by atoms with Crippen LogP contribution in [0.3, 0.4) is 0 Å². The second-order valence-corrected chi connectivity index (χ2v) is 26.0. The van der Waals surface area contributed by atoms with Gasteiger partial charge in [0, 0.05) is 12.8 Å². The van der Waals surface area contributed by atoms with Gasteiger partial charge >= 0.3 is 11.9 Å². The molecule has 10 nitrogen and oxygen atoms in total. The molecule has 0 bridgehead atoms. The lowest BCUT2D eigenvalue weighted by Gasteiger charge is -2.44. The van der Waals surface area contributed by atoms with Crippen molar-refractivity contribution < 1.29 is 43.2 Å². The first-order valence-corrected chi connectivity index (χ1v) is 30.4. The number of hydrogen-bond donors (Lipinski definition) is 3. The molecule has 6 atom stereocenters. The molecule has 0 aromatic carbocycles. The molecule has 0 aromatic heterocycles. The Morgan fingerprint density at radius 1 is 0.585 bits per heavy atom. The Hall–Kier alpha value is -1.53. The Morgan fingerprint density at radius 2 is 0.969 bits per heavy atom. The van der Waals surface area contributed by atoms with Gasteiger partial charge in [0.1, 0.15) is 24.4 Å². The van der Waals surface area contributed by atoms with Gasteiger partial charge in [0.25, 0.3) is 0 Å². The van der Waals surface area contributed by atoms with E-state index in [9.17, 15) is 24.6 Å². The second kappa shape index (κ2) is 38.3. The molecule has 1 saturated heterocycles. The SMILES string of the molecule is CCCCCCCCCCCCCC(=O)O[C@H](CCCCCCCCCCC)CC(=O)N[C@H]1C(O)O[C@H](CO[Si](C)(C)C(C)(C)C)[C@@H](O)[C@@H]1OC(=O)CCCCCCCCCCCCC. The van der Waals surface area contributed by atoms with E-state index in [1.807, 2.05) is 0 Å². The first-order valence-electron chi connectivity index (χ1n) is 27.5. The van der Waals surface area contributed by atoms with Gasteiger partial charge in [0.05, 0.1) is 13.0 Å². The summed E-state index contributed by atoms with van der Waals surface area (Å²) in [5.41, 5.74) is 0. The molecular formula is C54H105NO9Si. The van der Waals surface area contributed by atoms with E-state index < -0.39 is 56.9 Å². The Bertz CT molecular complexity index is 1180. The number of amides is 1. The van der Waals surface area contributed by atoms with Crippen molar-refractivity contribution in [1.82, 2.24) is 5.32 Å². The summed E-state index contributed by atoms with van der Waals surface area (Å²) in [5, 5.41) is 25.8. The Balaban J connectivity index is 2.92. The van der Waals surface area contributed by atoms with Crippen molar-refractivity contribution in [3.05, 3.63) is 0 Å². The number of carbonyl (C=O) groups excluding carboxylic acids is 3. The van der Waals surface area contributed by atoms with E-state index in [0.29, 0.717) is 19.3 Å². The lowest BCUT2D eigenvalue weighted by atomic mass is 9.96. The molecule has 1 heterocycles. The average Bonchev–Trinajstić information content (AvgIpc) is 3.25. The summed E-state index contributed by atoms with van der Waals surface area (Å²) in [4.78, 5) is 40.3. The minimum absolute atomic E-state index is 0.0118. The molecule has 1 amide bonds. The Labute approximate surface area is 401 Å². The van der Waals surface area contributed by atoms with Crippen LogP contribution in [0.25, 0.3) is 0 Å². The average molecular weight is 941 g/mol. The highest BCUT2D eigenvalue weighted by Gasteiger charge is 2.49. The lowest BCUT2D eigenvalue weighted by Crippen LogP contribution is -2.65. The fraction of sp³-hybridized carbons (Fsp3) is 0.944. The maximum atomic E-state index is 13.8. The summed E-state index contributed by atoms with van der Waals surface area (Å²) in [6.45, 7) is 17.3. The Morgan fingerprint density at radius 3 is 1.38 bits per heavy atom. The summed E-state index contributed by atoms with van der Waals surface area (Å²) >= 11 is 0. The number of hydrogen-bond acceptors (Lipinski definition) is 9. The molecule has 0 spiro atoms. The zero-order chi connectivity index (χ0) is 48.2. The van der Waals surface area contributed by atoms with E-state index in [4.69, 9.17) is 18.6 Å². The molecule has 0 saturated carbocycles. The van der Waals surface area contributed by atoms with Gasteiger partial charge in [-0.25, -0.2) is 0 Å². The molecule has 1 fully saturated rings. The minimum Gasteiger partial charge on any atom is -0.462 e. The van der Waals surface area contributed by atoms with Crippen LogP contribution in [0, 0.1) is 0 Å². The van der Waals surface area contributed by atoms with E-state index in [-0.39, 0.29) is 30.5 Å². The summed E-state index contributed by atoms with van der Waals surface area (Å²) in [5.74, 6) is -1.23. The normalized spacial score (nSPS) is 19.6. The molecule has 1 rings (SSSR count). The maximum absolute atomic E-state index is 13.8. The fourth-order valence-electron chi connectivity index (χ4n) is 8.53. The van der Waals surface area contributed by atoms with Gasteiger partial charge in [-0.05, 0) is 43.8 Å². The first-order chi connectivity index (χ1) is 31.2. The summed E-state index contributed by atoms with van der Waals surface area (Å²) in [6.07, 6.45) is 31.5. The van der Waals surface area contributed by atoms with Gasteiger partial charge in [-0.1, -0.05) is 221 Å². The number of esters is 2. The minimum atomic E-state index is -2.25. The fourth-order valence-corrected chi connectivity index (χ4v) is 9.55. The molecule has 11 heteroatoms. The lowest BCUT2D eigenvalue weighted by molar-refractivity contribution is -0.258. The van der Waals surface area contributed by atoms with Gasteiger partial charge in [0.2, 0.25) is 5.91 Å². The highest BCUT2D eigenvalue weighted by molar-refractivity contribution is 6.74. The topological polar surface area (TPSA) is 141 Å². The smallest absolute Gasteiger partial charge is 0.306 e. The van der Waals surface area contributed by atoms with E-state index in [0.717, 1.165) is 57.8 Å². The van der Waals surface area contributed by atoms with Gasteiger partial charge in [-0.2, -0.15) is 0 Å². The van der Waals surface area contributed by atoms with Crippen molar-refractivity contribution >= 4 is 26.2 Å². The van der Waals surface area contributed by atoms with Gasteiger partial charge in [-0.3, -0.25) is 14.4 Å². The molecule has 384 valence electrons. The van der Waals surface area contributed by atoms with Crippen LogP contribution >= 0.6 is 0 Å². The predicted octanol–water partition coefficient (Wildman–Crippen LogP) is 14.1. The van der Waals surface area contributed by atoms with Crippen molar-refractivity contribution in [2.24, 2.45) is 0 Å². The van der Waals surface area contributed by atoms with Crippen LogP contribution in [0.2, 0.25) is 18.1 Å². The number of aliphatic hydroxyl groups is 2. The number of ether oxygens (including phenoxy) is 3. The van der Waals surface area contributed by atoms with Crippen molar-refractivity contribution in [3.8, 4) is 0 Å². The number of unbranched alkanes of at least 4 members (excludes halogenated alkanes) is 28. The third-order valence-electron chi connectivity index (χ3n) is 14.0. The monoisotopic (exact) mass is 940 g/mol. The Kier molecular flexibility index (Phi) is 36.3.